The molecule has 2 fully saturated rings. The number of benzene rings is 2. The van der Waals surface area contributed by atoms with Crippen molar-refractivity contribution in [1.82, 2.24) is 39.5 Å². The van der Waals surface area contributed by atoms with Crippen molar-refractivity contribution in [3.05, 3.63) is 59.7 Å². The highest BCUT2D eigenvalue weighted by molar-refractivity contribution is 9.10. The summed E-state index contributed by atoms with van der Waals surface area (Å²) in [5, 5.41) is 12.5. The van der Waals surface area contributed by atoms with Gasteiger partial charge in [-0.05, 0) is 66.3 Å². The van der Waals surface area contributed by atoms with Crippen LogP contribution in [0.1, 0.15) is 12.8 Å². The van der Waals surface area contributed by atoms with E-state index in [0.29, 0.717) is 28.0 Å². The zero-order valence-corrected chi connectivity index (χ0v) is 34.2. The van der Waals surface area contributed by atoms with Crippen LogP contribution in [-0.4, -0.2) is 126 Å². The SMILES string of the molecule is COCCN1CCN(C2CCN(c3cc(OC)c(Nc4ncc(Br)c(Nc5ccc6nccnc6c5P(C)(C)=S)n4)cc3-c3cnn(C)c3)CC2)CC1. The normalized spacial score (nSPS) is 16.3. The minimum absolute atomic E-state index is 0.413. The van der Waals surface area contributed by atoms with Gasteiger partial charge in [0.1, 0.15) is 11.6 Å². The molecule has 5 heterocycles. The third-order valence-corrected chi connectivity index (χ3v) is 12.7. The fourth-order valence-corrected chi connectivity index (χ4v) is 9.60. The molecular weight excluding hydrogens is 773 g/mol. The van der Waals surface area contributed by atoms with Crippen LogP contribution in [0.2, 0.25) is 0 Å². The largest absolute Gasteiger partial charge is 0.494 e. The van der Waals surface area contributed by atoms with E-state index in [2.05, 4.69) is 93.0 Å². The third kappa shape index (κ3) is 8.50. The Balaban J connectivity index is 1.14. The quantitative estimate of drug-likeness (QED) is 0.151. The molecule has 0 saturated carbocycles. The summed E-state index contributed by atoms with van der Waals surface area (Å²) in [5.41, 5.74) is 6.46. The van der Waals surface area contributed by atoms with Crippen molar-refractivity contribution in [3.8, 4) is 16.9 Å². The van der Waals surface area contributed by atoms with Crippen molar-refractivity contribution < 1.29 is 9.47 Å². The summed E-state index contributed by atoms with van der Waals surface area (Å²) in [6, 6.07) is 6.86. The summed E-state index contributed by atoms with van der Waals surface area (Å²) >= 11 is 9.69. The molecule has 0 aliphatic carbocycles. The molecule has 5 aromatic rings. The van der Waals surface area contributed by atoms with E-state index in [1.54, 1.807) is 32.8 Å². The Labute approximate surface area is 324 Å². The van der Waals surface area contributed by atoms with Gasteiger partial charge in [-0.2, -0.15) is 10.1 Å². The van der Waals surface area contributed by atoms with Crippen LogP contribution in [0, 0.1) is 0 Å². The van der Waals surface area contributed by atoms with Gasteiger partial charge in [-0.25, -0.2) is 4.98 Å². The molecule has 0 radical (unpaired) electrons. The van der Waals surface area contributed by atoms with Crippen molar-refractivity contribution in [2.75, 3.05) is 95.5 Å². The molecule has 0 bridgehead atoms. The number of fused-ring (bicyclic) bond motifs is 1. The van der Waals surface area contributed by atoms with Crippen LogP contribution in [-0.2, 0) is 23.6 Å². The Morgan fingerprint density at radius 1 is 0.943 bits per heavy atom. The van der Waals surface area contributed by atoms with Gasteiger partial charge in [0.05, 0.1) is 46.8 Å². The Morgan fingerprint density at radius 3 is 2.42 bits per heavy atom. The lowest BCUT2D eigenvalue weighted by molar-refractivity contribution is 0.0672. The minimum atomic E-state index is -1.94. The third-order valence-electron chi connectivity index (χ3n) is 10.1. The monoisotopic (exact) mass is 819 g/mol. The highest BCUT2D eigenvalue weighted by atomic mass is 79.9. The summed E-state index contributed by atoms with van der Waals surface area (Å²) in [6.45, 7) is 12.4. The van der Waals surface area contributed by atoms with Gasteiger partial charge < -0.3 is 25.0 Å². The number of piperazine rings is 1. The van der Waals surface area contributed by atoms with E-state index in [1.807, 2.05) is 30.1 Å². The molecule has 0 unspecified atom stereocenters. The lowest BCUT2D eigenvalue weighted by Gasteiger charge is -2.43. The molecule has 2 aliphatic rings. The van der Waals surface area contributed by atoms with E-state index in [9.17, 15) is 0 Å². The van der Waals surface area contributed by atoms with Crippen LogP contribution in [0.25, 0.3) is 22.2 Å². The van der Waals surface area contributed by atoms with Gasteiger partial charge >= 0.3 is 0 Å². The average Bonchev–Trinajstić information content (AvgIpc) is 3.60. The summed E-state index contributed by atoms with van der Waals surface area (Å²) in [7, 11) is 5.42. The Hall–Kier alpha value is -3.72. The number of aryl methyl sites for hydroxylation is 1. The topological polar surface area (TPSA) is 122 Å². The van der Waals surface area contributed by atoms with E-state index >= 15 is 0 Å². The second-order valence-electron chi connectivity index (χ2n) is 13.9. The van der Waals surface area contributed by atoms with Gasteiger partial charge in [-0.15, -0.1) is 0 Å². The first-order chi connectivity index (χ1) is 25.6. The second kappa shape index (κ2) is 16.3. The number of rotatable bonds is 12. The maximum absolute atomic E-state index is 6.03. The van der Waals surface area contributed by atoms with E-state index in [0.717, 1.165) is 110 Å². The molecule has 13 nitrogen and oxygen atoms in total. The fourth-order valence-electron chi connectivity index (χ4n) is 7.36. The summed E-state index contributed by atoms with van der Waals surface area (Å²) in [5.74, 6) is 1.71. The maximum Gasteiger partial charge on any atom is 0.229 e. The number of methoxy groups -OCH3 is 2. The fraction of sp³-hybridized carbons (Fsp3) is 0.432. The number of hydrogen-bond donors (Lipinski definition) is 2. The first kappa shape index (κ1) is 37.6. The number of nitrogens with one attached hydrogen (secondary N) is 2. The molecule has 280 valence electrons. The molecule has 0 atom stereocenters. The molecule has 7 rings (SSSR count). The number of aromatic nitrogens is 6. The number of piperidine rings is 1. The maximum atomic E-state index is 6.03. The molecule has 2 aliphatic heterocycles. The van der Waals surface area contributed by atoms with Crippen LogP contribution in [0.5, 0.6) is 5.75 Å². The summed E-state index contributed by atoms with van der Waals surface area (Å²) < 4.78 is 13.9. The summed E-state index contributed by atoms with van der Waals surface area (Å²) in [4.78, 5) is 26.4. The highest BCUT2D eigenvalue weighted by Crippen LogP contribution is 2.43. The van der Waals surface area contributed by atoms with Crippen LogP contribution >= 0.6 is 22.0 Å². The first-order valence-electron chi connectivity index (χ1n) is 17.9. The number of halogens is 1. The number of ether oxygens (including phenoxy) is 2. The van der Waals surface area contributed by atoms with Crippen molar-refractivity contribution >= 4 is 78.9 Å². The molecule has 2 saturated heterocycles. The molecule has 0 amide bonds. The van der Waals surface area contributed by atoms with Crippen molar-refractivity contribution in [3.63, 3.8) is 0 Å². The molecule has 16 heteroatoms. The molecule has 2 N–H and O–H groups in total. The van der Waals surface area contributed by atoms with Crippen molar-refractivity contribution in [1.29, 1.82) is 0 Å². The predicted molar refractivity (Wildman–Crippen MR) is 222 cm³/mol. The van der Waals surface area contributed by atoms with E-state index < -0.39 is 6.04 Å². The number of anilines is 5. The molecule has 3 aromatic heterocycles. The summed E-state index contributed by atoms with van der Waals surface area (Å²) in [6.07, 6.45) is 11.3. The first-order valence-corrected chi connectivity index (χ1v) is 22.4. The number of nitrogens with zero attached hydrogens (tertiary/aromatic N) is 9. The predicted octanol–water partition coefficient (Wildman–Crippen LogP) is 5.68. The van der Waals surface area contributed by atoms with Crippen LogP contribution in [0.4, 0.5) is 28.8 Å². The Morgan fingerprint density at radius 2 is 1.72 bits per heavy atom. The molecule has 0 spiro atoms. The molecular formula is C37H47BrN11O2PS. The van der Waals surface area contributed by atoms with Gasteiger partial charge in [0.15, 0.2) is 0 Å². The Bertz CT molecular complexity index is 2110. The van der Waals surface area contributed by atoms with E-state index in [-0.39, 0.29) is 0 Å². The molecule has 53 heavy (non-hydrogen) atoms. The second-order valence-corrected chi connectivity index (χ2v) is 20.7. The zero-order chi connectivity index (χ0) is 37.1. The van der Waals surface area contributed by atoms with Crippen molar-refractivity contribution in [2.45, 2.75) is 18.9 Å². The highest BCUT2D eigenvalue weighted by Gasteiger charge is 2.29. The Kier molecular flexibility index (Phi) is 11.6. The average molecular weight is 821 g/mol. The van der Waals surface area contributed by atoms with Gasteiger partial charge in [0.25, 0.3) is 0 Å². The number of hydrogen-bond acceptors (Lipinski definition) is 13. The lowest BCUT2D eigenvalue weighted by atomic mass is 9.98. The smallest absolute Gasteiger partial charge is 0.229 e. The van der Waals surface area contributed by atoms with E-state index in [4.69, 9.17) is 26.3 Å². The van der Waals surface area contributed by atoms with Crippen molar-refractivity contribution in [2.24, 2.45) is 7.05 Å². The van der Waals surface area contributed by atoms with Gasteiger partial charge in [0, 0.05) is 119 Å². The van der Waals surface area contributed by atoms with Crippen LogP contribution < -0.4 is 25.6 Å². The minimum Gasteiger partial charge on any atom is -0.494 e. The zero-order valence-electron chi connectivity index (χ0n) is 30.9. The lowest BCUT2D eigenvalue weighted by Crippen LogP contribution is -2.53. The van der Waals surface area contributed by atoms with Crippen LogP contribution in [0.15, 0.2) is 59.7 Å². The van der Waals surface area contributed by atoms with Gasteiger partial charge in [-0.3, -0.25) is 24.4 Å². The van der Waals surface area contributed by atoms with Gasteiger partial charge in [-0.1, -0.05) is 11.8 Å². The van der Waals surface area contributed by atoms with E-state index in [1.165, 1.54) is 0 Å². The molecule has 2 aromatic carbocycles. The van der Waals surface area contributed by atoms with Gasteiger partial charge in [0.2, 0.25) is 5.95 Å². The standard InChI is InChI=1S/C37H47BrN11O2PS/c1-46-24-25(22-42-46)27-20-31(33(51-3)21-32(27)49-12-8-26(9-13-49)48-16-14-47(15-17-48)18-19-50-2)44-37-41-23-28(38)36(45-37)43-30-7-6-29-34(40-11-10-39-29)35(30)52(4,5)53/h6-7,10-11,20-24,26H,8-9,12-19H2,1-5H3,(H2,41,43,44,45). The van der Waals surface area contributed by atoms with Crippen LogP contribution in [0.3, 0.4) is 0 Å².